The summed E-state index contributed by atoms with van der Waals surface area (Å²) < 4.78 is 0. The molecule has 45 heavy (non-hydrogen) atoms. The Morgan fingerprint density at radius 2 is 0.889 bits per heavy atom. The van der Waals surface area contributed by atoms with E-state index >= 15 is 0 Å². The highest BCUT2D eigenvalue weighted by Gasteiger charge is 2.48. The highest BCUT2D eigenvalue weighted by atomic mass is 28.3. The minimum absolute atomic E-state index is 0.494. The summed E-state index contributed by atoms with van der Waals surface area (Å²) in [6, 6.07) is 45.5. The molecule has 2 unspecified atom stereocenters. The molecule has 0 N–H and O–H groups in total. The molecule has 2 aliphatic carbocycles. The topological polar surface area (TPSA) is 0 Å². The fraction of sp³-hybridized carbons (Fsp3) is 0.182. The summed E-state index contributed by atoms with van der Waals surface area (Å²) >= 11 is 0. The molecule has 0 radical (unpaired) electrons. The zero-order chi connectivity index (χ0) is 30.7. The second-order valence-corrected chi connectivity index (χ2v) is 18.4. The van der Waals surface area contributed by atoms with E-state index < -0.39 is 8.07 Å². The summed E-state index contributed by atoms with van der Waals surface area (Å²) in [5.41, 5.74) is 15.6. The molecular weight excluding hydrogens is 557 g/mol. The van der Waals surface area contributed by atoms with Gasteiger partial charge in [-0.25, -0.2) is 0 Å². The maximum atomic E-state index is 2.67. The average Bonchev–Trinajstić information content (AvgIpc) is 3.67. The van der Waals surface area contributed by atoms with Crippen molar-refractivity contribution in [3.8, 4) is 22.3 Å². The molecule has 0 nitrogen and oxygen atoms in total. The Labute approximate surface area is 268 Å². The van der Waals surface area contributed by atoms with Crippen LogP contribution in [0, 0.1) is 0 Å². The van der Waals surface area contributed by atoms with Crippen molar-refractivity contribution in [2.24, 2.45) is 0 Å². The Hall–Kier alpha value is -4.46. The van der Waals surface area contributed by atoms with Gasteiger partial charge in [0.1, 0.15) is 0 Å². The lowest BCUT2D eigenvalue weighted by molar-refractivity contribution is 0.898. The van der Waals surface area contributed by atoms with Crippen molar-refractivity contribution in [2.75, 3.05) is 0 Å². The fourth-order valence-electron chi connectivity index (χ4n) is 8.68. The summed E-state index contributed by atoms with van der Waals surface area (Å²) in [6.07, 6.45) is 7.32. The molecule has 2 aliphatic rings. The average molecular weight is 597 g/mol. The van der Waals surface area contributed by atoms with E-state index in [9.17, 15) is 0 Å². The Balaban J connectivity index is 1.24. The number of benzene rings is 6. The normalized spacial score (nSPS) is 17.3. The van der Waals surface area contributed by atoms with E-state index in [0.29, 0.717) is 11.1 Å². The maximum absolute atomic E-state index is 2.67. The Morgan fingerprint density at radius 1 is 0.467 bits per heavy atom. The van der Waals surface area contributed by atoms with Gasteiger partial charge in [-0.3, -0.25) is 0 Å². The summed E-state index contributed by atoms with van der Waals surface area (Å²) in [7, 11) is -1.98. The number of rotatable bonds is 6. The van der Waals surface area contributed by atoms with Crippen molar-refractivity contribution in [2.45, 2.75) is 50.9 Å². The van der Waals surface area contributed by atoms with Crippen LogP contribution in [0.2, 0.25) is 13.1 Å². The summed E-state index contributed by atoms with van der Waals surface area (Å²) in [6.45, 7) is 10.1. The van der Waals surface area contributed by atoms with E-state index in [2.05, 4.69) is 160 Å². The van der Waals surface area contributed by atoms with E-state index in [1.165, 1.54) is 54.9 Å². The summed E-state index contributed by atoms with van der Waals surface area (Å²) in [5.74, 6) is 0. The van der Waals surface area contributed by atoms with Crippen LogP contribution in [0.3, 0.4) is 0 Å². The van der Waals surface area contributed by atoms with Crippen LogP contribution < -0.4 is 0 Å². The predicted molar refractivity (Wildman–Crippen MR) is 198 cm³/mol. The van der Waals surface area contributed by atoms with Crippen molar-refractivity contribution in [1.82, 2.24) is 0 Å². The molecule has 0 fully saturated rings. The second-order valence-electron chi connectivity index (χ2n) is 13.6. The smallest absolute Gasteiger partial charge is 0.0679 e. The third-order valence-corrected chi connectivity index (χ3v) is 15.1. The molecule has 1 heteroatoms. The summed E-state index contributed by atoms with van der Waals surface area (Å²) in [4.78, 5) is 0. The van der Waals surface area contributed by atoms with Crippen LogP contribution in [0.1, 0.15) is 60.0 Å². The third-order valence-electron chi connectivity index (χ3n) is 10.7. The summed E-state index contributed by atoms with van der Waals surface area (Å²) in [5, 5.41) is 5.21. The highest BCUT2D eigenvalue weighted by molar-refractivity contribution is 6.81. The van der Waals surface area contributed by atoms with Crippen molar-refractivity contribution in [1.29, 1.82) is 0 Å². The quantitative estimate of drug-likeness (QED) is 0.168. The monoisotopic (exact) mass is 596 g/mol. The molecule has 0 saturated carbocycles. The van der Waals surface area contributed by atoms with Gasteiger partial charge < -0.3 is 0 Å². The molecule has 0 aromatic heterocycles. The van der Waals surface area contributed by atoms with Crippen LogP contribution in [0.15, 0.2) is 132 Å². The van der Waals surface area contributed by atoms with Crippen LogP contribution >= 0.6 is 0 Å². The molecular formula is C44H40Si. The third kappa shape index (κ3) is 4.48. The minimum Gasteiger partial charge on any atom is -0.0679 e. The predicted octanol–water partition coefficient (Wildman–Crippen LogP) is 12.6. The van der Waals surface area contributed by atoms with Gasteiger partial charge in [0, 0.05) is 11.1 Å². The maximum Gasteiger partial charge on any atom is 0.0722 e. The van der Waals surface area contributed by atoms with Gasteiger partial charge in [0.05, 0.1) is 8.07 Å². The Kier molecular flexibility index (Phi) is 6.77. The van der Waals surface area contributed by atoms with Gasteiger partial charge in [-0.2, -0.15) is 0 Å². The van der Waals surface area contributed by atoms with Crippen LogP contribution in [0.4, 0.5) is 0 Å². The van der Waals surface area contributed by atoms with E-state index in [1.807, 2.05) is 0 Å². The lowest BCUT2D eigenvalue weighted by atomic mass is 9.95. The molecule has 2 atom stereocenters. The highest BCUT2D eigenvalue weighted by Crippen LogP contribution is 2.55. The molecule has 220 valence electrons. The first-order valence-corrected chi connectivity index (χ1v) is 19.8. The van der Waals surface area contributed by atoms with E-state index in [4.69, 9.17) is 0 Å². The first kappa shape index (κ1) is 28.0. The molecule has 0 heterocycles. The lowest BCUT2D eigenvalue weighted by Gasteiger charge is -2.40. The number of fused-ring (bicyclic) bond motifs is 4. The standard InChI is InChI=1S/C44H40Si/c1-5-29-27-41-37(35-23-21-31-13-7-9-15-33(31)25-35)17-11-19-39(41)43(29)45(3,4)44-30(6-2)28-42-38(18-12-20-40(42)44)36-24-22-32-14-8-10-16-34(32)26-36/h7-28,43-44H,5-6H2,1-4H3. The Morgan fingerprint density at radius 3 is 1.31 bits per heavy atom. The van der Waals surface area contributed by atoms with Crippen molar-refractivity contribution in [3.05, 3.63) is 155 Å². The largest absolute Gasteiger partial charge is 0.0722 e. The van der Waals surface area contributed by atoms with E-state index in [1.54, 1.807) is 22.3 Å². The van der Waals surface area contributed by atoms with Gasteiger partial charge in [-0.05, 0) is 91.0 Å². The van der Waals surface area contributed by atoms with Gasteiger partial charge in [0.2, 0.25) is 0 Å². The second kappa shape index (κ2) is 10.9. The minimum atomic E-state index is -1.98. The van der Waals surface area contributed by atoms with Gasteiger partial charge in [-0.1, -0.05) is 159 Å². The van der Waals surface area contributed by atoms with E-state index in [-0.39, 0.29) is 0 Å². The van der Waals surface area contributed by atoms with Gasteiger partial charge >= 0.3 is 0 Å². The lowest BCUT2D eigenvalue weighted by Crippen LogP contribution is -2.42. The Bertz CT molecular complexity index is 2020. The first-order chi connectivity index (χ1) is 22.0. The molecule has 0 amide bonds. The molecule has 6 aromatic carbocycles. The van der Waals surface area contributed by atoms with Crippen LogP contribution in [0.5, 0.6) is 0 Å². The molecule has 0 bridgehead atoms. The zero-order valence-corrected chi connectivity index (χ0v) is 27.8. The van der Waals surface area contributed by atoms with Gasteiger partial charge in [-0.15, -0.1) is 0 Å². The van der Waals surface area contributed by atoms with Crippen molar-refractivity contribution < 1.29 is 0 Å². The molecule has 0 saturated heterocycles. The van der Waals surface area contributed by atoms with Crippen LogP contribution in [0.25, 0.3) is 56.0 Å². The molecule has 8 rings (SSSR count). The van der Waals surface area contributed by atoms with Gasteiger partial charge in [0.25, 0.3) is 0 Å². The first-order valence-electron chi connectivity index (χ1n) is 16.6. The van der Waals surface area contributed by atoms with Crippen LogP contribution in [-0.2, 0) is 0 Å². The number of allylic oxidation sites excluding steroid dienone is 2. The fourth-order valence-corrected chi connectivity index (χ4v) is 13.6. The zero-order valence-electron chi connectivity index (χ0n) is 26.8. The van der Waals surface area contributed by atoms with Crippen LogP contribution in [-0.4, -0.2) is 8.07 Å². The molecule has 0 spiro atoms. The number of hydrogen-bond donors (Lipinski definition) is 0. The van der Waals surface area contributed by atoms with Crippen molar-refractivity contribution in [3.63, 3.8) is 0 Å². The van der Waals surface area contributed by atoms with E-state index in [0.717, 1.165) is 12.8 Å². The van der Waals surface area contributed by atoms with Crippen molar-refractivity contribution >= 4 is 41.8 Å². The molecule has 6 aromatic rings. The van der Waals surface area contributed by atoms with Gasteiger partial charge in [0.15, 0.2) is 0 Å². The molecule has 0 aliphatic heterocycles. The number of hydrogen-bond acceptors (Lipinski definition) is 0. The SMILES string of the molecule is CCC1=Cc2c(-c3ccc4ccccc4c3)cccc2C1[Si](C)(C)C1C(CC)=Cc2c(-c3ccc4ccccc4c3)cccc21.